The Labute approximate surface area is 138 Å². The summed E-state index contributed by atoms with van der Waals surface area (Å²) >= 11 is 0. The zero-order valence-electron chi connectivity index (χ0n) is 12.2. The first-order valence-corrected chi connectivity index (χ1v) is 10.5. The fourth-order valence-corrected chi connectivity index (χ4v) is 6.33. The molecule has 0 saturated heterocycles. The number of fused-ring (bicyclic) bond motifs is 1. The van der Waals surface area contributed by atoms with Gasteiger partial charge in [-0.3, -0.25) is 13.7 Å². The van der Waals surface area contributed by atoms with Gasteiger partial charge in [-0.1, -0.05) is 18.2 Å². The molecule has 0 aliphatic rings. The highest BCUT2D eigenvalue weighted by Gasteiger charge is 2.36. The van der Waals surface area contributed by atoms with Crippen LogP contribution in [0.25, 0.3) is 10.8 Å². The minimum absolute atomic E-state index is 0.00477. The van der Waals surface area contributed by atoms with Gasteiger partial charge in [-0.15, -0.1) is 0 Å². The summed E-state index contributed by atoms with van der Waals surface area (Å²) in [7, 11) is -16.0. The second kappa shape index (κ2) is 5.47. The Kier molecular flexibility index (Phi) is 4.28. The van der Waals surface area contributed by atoms with Gasteiger partial charge in [0.1, 0.15) is 14.7 Å². The van der Waals surface area contributed by atoms with Gasteiger partial charge in [-0.05, 0) is 30.4 Å². The van der Waals surface area contributed by atoms with Gasteiger partial charge in [-0.25, -0.2) is 0 Å². The van der Waals surface area contributed by atoms with E-state index in [0.29, 0.717) is 5.56 Å². The lowest BCUT2D eigenvalue weighted by atomic mass is 10.0. The predicted octanol–water partition coefficient (Wildman–Crippen LogP) is 1.20. The summed E-state index contributed by atoms with van der Waals surface area (Å²) in [6.45, 7) is 2.63. The average Bonchev–Trinajstić information content (AvgIpc) is 2.33. The molecule has 3 N–H and O–H groups in total. The van der Waals surface area contributed by atoms with E-state index in [9.17, 15) is 38.9 Å². The summed E-state index contributed by atoms with van der Waals surface area (Å²) in [6, 6.07) is 3.98. The smallest absolute Gasteiger partial charge is 0.282 e. The van der Waals surface area contributed by atoms with E-state index < -0.39 is 45.0 Å². The quantitative estimate of drug-likeness (QED) is 0.647. The molecule has 0 amide bonds. The van der Waals surface area contributed by atoms with Crippen molar-refractivity contribution in [2.45, 2.75) is 28.5 Å². The maximum absolute atomic E-state index is 11.7. The first-order valence-electron chi connectivity index (χ1n) is 6.15. The molecule has 0 saturated carbocycles. The van der Waals surface area contributed by atoms with Crippen LogP contribution in [0.5, 0.6) is 0 Å². The monoisotopic (exact) mass is 396 g/mol. The van der Waals surface area contributed by atoms with Gasteiger partial charge in [0, 0.05) is 5.39 Å². The Bertz CT molecular complexity index is 1170. The van der Waals surface area contributed by atoms with Crippen LogP contribution in [0, 0.1) is 13.8 Å². The van der Waals surface area contributed by atoms with Crippen LogP contribution in [0.4, 0.5) is 0 Å². The van der Waals surface area contributed by atoms with E-state index in [2.05, 4.69) is 0 Å². The van der Waals surface area contributed by atoms with E-state index in [1.807, 2.05) is 0 Å². The van der Waals surface area contributed by atoms with Gasteiger partial charge >= 0.3 is 0 Å². The molecule has 0 atom stereocenters. The van der Waals surface area contributed by atoms with Gasteiger partial charge in [0.25, 0.3) is 30.4 Å². The third-order valence-electron chi connectivity index (χ3n) is 3.42. The molecular formula is C12H12O9S3. The maximum atomic E-state index is 11.7. The highest BCUT2D eigenvalue weighted by molar-refractivity contribution is 7.90. The van der Waals surface area contributed by atoms with Crippen molar-refractivity contribution in [1.82, 2.24) is 0 Å². The second-order valence-electron chi connectivity index (χ2n) is 5.04. The van der Waals surface area contributed by atoms with Crippen molar-refractivity contribution in [2.75, 3.05) is 0 Å². The lowest BCUT2D eigenvalue weighted by molar-refractivity contribution is 0.456. The molecule has 12 heteroatoms. The first kappa shape index (κ1) is 18.8. The summed E-state index contributed by atoms with van der Waals surface area (Å²) in [4.78, 5) is -4.22. The van der Waals surface area contributed by atoms with Crippen LogP contribution in [0.1, 0.15) is 11.1 Å². The molecule has 0 aliphatic heterocycles. The third-order valence-corrected chi connectivity index (χ3v) is 6.57. The molecule has 2 aromatic carbocycles. The predicted molar refractivity (Wildman–Crippen MR) is 82.9 cm³/mol. The van der Waals surface area contributed by atoms with Crippen molar-refractivity contribution < 1.29 is 38.9 Å². The first-order chi connectivity index (χ1) is 10.7. The van der Waals surface area contributed by atoms with Crippen LogP contribution in [-0.2, 0) is 30.4 Å². The van der Waals surface area contributed by atoms with Crippen molar-refractivity contribution in [2.24, 2.45) is 0 Å². The zero-order chi connectivity index (χ0) is 18.7. The molecule has 0 fully saturated rings. The van der Waals surface area contributed by atoms with E-state index in [0.717, 1.165) is 13.0 Å². The molecule has 2 aromatic rings. The van der Waals surface area contributed by atoms with Crippen LogP contribution in [0.15, 0.2) is 32.9 Å². The van der Waals surface area contributed by atoms with Crippen LogP contribution in [0.2, 0.25) is 0 Å². The highest BCUT2D eigenvalue weighted by atomic mass is 32.2. The van der Waals surface area contributed by atoms with Crippen molar-refractivity contribution in [3.8, 4) is 0 Å². The number of benzene rings is 2. The fourth-order valence-electron chi connectivity index (χ4n) is 2.66. The van der Waals surface area contributed by atoms with Crippen LogP contribution in [0.3, 0.4) is 0 Å². The molecule has 0 unspecified atom stereocenters. The Morgan fingerprint density at radius 3 is 1.58 bits per heavy atom. The summed E-state index contributed by atoms with van der Waals surface area (Å²) in [6.07, 6.45) is 0. The Balaban J connectivity index is 3.49. The van der Waals surface area contributed by atoms with E-state index in [1.54, 1.807) is 0 Å². The van der Waals surface area contributed by atoms with Crippen molar-refractivity contribution in [1.29, 1.82) is 0 Å². The summed E-state index contributed by atoms with van der Waals surface area (Å²) < 4.78 is 98.2. The minimum atomic E-state index is -5.44. The highest BCUT2D eigenvalue weighted by Crippen LogP contribution is 2.39. The standard InChI is InChI=1S/C12H12O9S3/c1-6-4-3-5-8-9(6)7(2)10(22(13,14)15)12(24(19,20)21)11(8)23(16,17)18/h3-5H,1-2H3,(H,13,14,15)(H,16,17,18)(H,19,20,21). The Morgan fingerprint density at radius 2 is 1.17 bits per heavy atom. The van der Waals surface area contributed by atoms with E-state index in [4.69, 9.17) is 0 Å². The minimum Gasteiger partial charge on any atom is -0.282 e. The topological polar surface area (TPSA) is 163 Å². The Hall–Kier alpha value is -1.57. The molecule has 9 nitrogen and oxygen atoms in total. The summed E-state index contributed by atoms with van der Waals surface area (Å²) in [5.74, 6) is 0. The molecular weight excluding hydrogens is 384 g/mol. The van der Waals surface area contributed by atoms with Gasteiger partial charge in [0.15, 0.2) is 0 Å². The average molecular weight is 396 g/mol. The lowest BCUT2D eigenvalue weighted by Gasteiger charge is -2.17. The van der Waals surface area contributed by atoms with Gasteiger partial charge in [0.2, 0.25) is 0 Å². The lowest BCUT2D eigenvalue weighted by Crippen LogP contribution is -2.17. The molecule has 0 heterocycles. The van der Waals surface area contributed by atoms with Crippen molar-refractivity contribution >= 4 is 41.1 Å². The number of aryl methyl sites for hydroxylation is 2. The van der Waals surface area contributed by atoms with Gasteiger partial charge in [0.05, 0.1) is 0 Å². The van der Waals surface area contributed by atoms with Crippen LogP contribution in [-0.4, -0.2) is 38.9 Å². The largest absolute Gasteiger partial charge is 0.297 e. The molecule has 132 valence electrons. The molecule has 0 radical (unpaired) electrons. The van der Waals surface area contributed by atoms with E-state index >= 15 is 0 Å². The summed E-state index contributed by atoms with van der Waals surface area (Å²) in [5.41, 5.74) is 0.0762. The van der Waals surface area contributed by atoms with Crippen LogP contribution < -0.4 is 0 Å². The molecule has 0 spiro atoms. The molecule has 2 rings (SSSR count). The third kappa shape index (κ3) is 3.03. The Morgan fingerprint density at radius 1 is 0.708 bits per heavy atom. The SMILES string of the molecule is Cc1cccc2c(S(=O)(=O)O)c(S(=O)(=O)O)c(S(=O)(=O)O)c(C)c12. The molecule has 0 aromatic heterocycles. The second-order valence-corrected chi connectivity index (χ2v) is 9.11. The zero-order valence-corrected chi connectivity index (χ0v) is 14.7. The number of hydrogen-bond acceptors (Lipinski definition) is 6. The maximum Gasteiger partial charge on any atom is 0.297 e. The molecule has 0 aliphatic carbocycles. The fraction of sp³-hybridized carbons (Fsp3) is 0.167. The van der Waals surface area contributed by atoms with Crippen LogP contribution >= 0.6 is 0 Å². The van der Waals surface area contributed by atoms with E-state index in [1.165, 1.54) is 19.1 Å². The number of rotatable bonds is 3. The van der Waals surface area contributed by atoms with Gasteiger partial charge < -0.3 is 0 Å². The summed E-state index contributed by atoms with van der Waals surface area (Å²) in [5, 5.41) is -0.305. The van der Waals surface area contributed by atoms with E-state index in [-0.39, 0.29) is 16.3 Å². The number of hydrogen-bond donors (Lipinski definition) is 3. The molecule has 24 heavy (non-hydrogen) atoms. The van der Waals surface area contributed by atoms with Gasteiger partial charge in [-0.2, -0.15) is 25.3 Å². The van der Waals surface area contributed by atoms with Crippen molar-refractivity contribution in [3.05, 3.63) is 29.3 Å². The molecule has 0 bridgehead atoms. The van der Waals surface area contributed by atoms with Crippen molar-refractivity contribution in [3.63, 3.8) is 0 Å². The normalized spacial score (nSPS) is 13.4.